The third-order valence-corrected chi connectivity index (χ3v) is 5.77. The number of fused-ring (bicyclic) bond motifs is 1. The molecule has 4 aromatic rings. The fourth-order valence-corrected chi connectivity index (χ4v) is 4.01. The maximum absolute atomic E-state index is 4.64. The molecule has 1 aliphatic rings. The van der Waals surface area contributed by atoms with Crippen LogP contribution in [0.15, 0.2) is 67.1 Å². The summed E-state index contributed by atoms with van der Waals surface area (Å²) in [7, 11) is 2.19. The lowest BCUT2D eigenvalue weighted by Crippen LogP contribution is -2.44. The number of anilines is 1. The summed E-state index contributed by atoms with van der Waals surface area (Å²) in [5.41, 5.74) is 7.89. The second-order valence-corrected chi connectivity index (χ2v) is 7.81. The number of piperazine rings is 1. The van der Waals surface area contributed by atoms with Crippen molar-refractivity contribution >= 4 is 11.3 Å². The number of rotatable bonds is 3. The number of aromatic nitrogens is 3. The molecular weight excluding hydrogens is 358 g/mol. The highest BCUT2D eigenvalue weighted by atomic mass is 15.2. The summed E-state index contributed by atoms with van der Waals surface area (Å²) in [4.78, 5) is 13.8. The molecule has 1 aromatic carbocycles. The maximum Gasteiger partial charge on any atom is 0.137 e. The summed E-state index contributed by atoms with van der Waals surface area (Å²) in [6.45, 7) is 6.44. The lowest BCUT2D eigenvalue weighted by molar-refractivity contribution is 0.313. The molecule has 1 saturated heterocycles. The van der Waals surface area contributed by atoms with Crippen molar-refractivity contribution in [1.29, 1.82) is 0 Å². The zero-order valence-electron chi connectivity index (χ0n) is 16.9. The van der Waals surface area contributed by atoms with Gasteiger partial charge < -0.3 is 9.80 Å². The predicted octanol–water partition coefficient (Wildman–Crippen LogP) is 4.12. The summed E-state index contributed by atoms with van der Waals surface area (Å²) in [6.07, 6.45) is 5.89. The van der Waals surface area contributed by atoms with Gasteiger partial charge in [-0.1, -0.05) is 12.1 Å². The second kappa shape index (κ2) is 7.33. The van der Waals surface area contributed by atoms with Gasteiger partial charge in [0.1, 0.15) is 5.65 Å². The molecule has 0 aliphatic carbocycles. The van der Waals surface area contributed by atoms with Crippen LogP contribution in [-0.2, 0) is 0 Å². The van der Waals surface area contributed by atoms with Gasteiger partial charge in [-0.2, -0.15) is 0 Å². The molecule has 1 aliphatic heterocycles. The number of hydrogen-bond donors (Lipinski definition) is 0. The van der Waals surface area contributed by atoms with Crippen LogP contribution in [0.25, 0.3) is 28.0 Å². The van der Waals surface area contributed by atoms with E-state index in [0.717, 1.165) is 48.8 Å². The first-order valence-corrected chi connectivity index (χ1v) is 10.1. The first kappa shape index (κ1) is 17.9. The molecule has 0 N–H and O–H groups in total. The average Bonchev–Trinajstić information content (AvgIpc) is 3.18. The van der Waals surface area contributed by atoms with E-state index in [-0.39, 0.29) is 0 Å². The van der Waals surface area contributed by atoms with Crippen LogP contribution in [-0.4, -0.2) is 52.5 Å². The van der Waals surface area contributed by atoms with Gasteiger partial charge in [-0.15, -0.1) is 0 Å². The molecule has 5 nitrogen and oxygen atoms in total. The number of hydrogen-bond acceptors (Lipinski definition) is 4. The van der Waals surface area contributed by atoms with Crippen molar-refractivity contribution in [3.05, 3.63) is 72.8 Å². The van der Waals surface area contributed by atoms with Crippen LogP contribution < -0.4 is 4.90 Å². The molecule has 0 spiro atoms. The van der Waals surface area contributed by atoms with Crippen LogP contribution >= 0.6 is 0 Å². The fraction of sp³-hybridized carbons (Fsp3) is 0.250. The molecule has 4 heterocycles. The first-order chi connectivity index (χ1) is 14.2. The van der Waals surface area contributed by atoms with Gasteiger partial charge in [0.15, 0.2) is 0 Å². The van der Waals surface area contributed by atoms with E-state index in [9.17, 15) is 0 Å². The lowest BCUT2D eigenvalue weighted by atomic mass is 10.1. The standard InChI is InChI=1S/C24H25N5/c1-18-15-21(7-9-25-18)23-17-26-24-16-20(8-10-29(23)24)19-3-5-22(6-4-19)28-13-11-27(2)12-14-28/h3-10,15-17H,11-14H2,1-2H3. The number of imidazole rings is 1. The Morgan fingerprint density at radius 3 is 2.34 bits per heavy atom. The fourth-order valence-electron chi connectivity index (χ4n) is 4.01. The van der Waals surface area contributed by atoms with Crippen molar-refractivity contribution in [3.63, 3.8) is 0 Å². The molecule has 0 saturated carbocycles. The largest absolute Gasteiger partial charge is 0.369 e. The maximum atomic E-state index is 4.64. The SMILES string of the molecule is Cc1cc(-c2cnc3cc(-c4ccc(N5CCN(C)CC5)cc4)ccn23)ccn1. The molecule has 5 rings (SSSR count). The number of nitrogens with zero attached hydrogens (tertiary/aromatic N) is 5. The van der Waals surface area contributed by atoms with Gasteiger partial charge in [-0.05, 0) is 61.5 Å². The van der Waals surface area contributed by atoms with Crippen LogP contribution in [0.2, 0.25) is 0 Å². The van der Waals surface area contributed by atoms with Gasteiger partial charge >= 0.3 is 0 Å². The molecule has 5 heteroatoms. The second-order valence-electron chi connectivity index (χ2n) is 7.81. The van der Waals surface area contributed by atoms with Crippen molar-refractivity contribution < 1.29 is 0 Å². The van der Waals surface area contributed by atoms with Gasteiger partial charge in [-0.25, -0.2) is 4.98 Å². The molecule has 1 fully saturated rings. The van der Waals surface area contributed by atoms with Crippen LogP contribution in [0.1, 0.15) is 5.69 Å². The molecule has 0 bridgehead atoms. The van der Waals surface area contributed by atoms with E-state index in [0.29, 0.717) is 0 Å². The van der Waals surface area contributed by atoms with E-state index >= 15 is 0 Å². The Balaban J connectivity index is 1.42. The molecule has 29 heavy (non-hydrogen) atoms. The highest BCUT2D eigenvalue weighted by molar-refractivity contribution is 5.72. The monoisotopic (exact) mass is 383 g/mol. The summed E-state index contributed by atoms with van der Waals surface area (Å²) in [5.74, 6) is 0. The van der Waals surface area contributed by atoms with E-state index in [1.54, 1.807) is 0 Å². The lowest BCUT2D eigenvalue weighted by Gasteiger charge is -2.34. The van der Waals surface area contributed by atoms with E-state index in [2.05, 4.69) is 79.9 Å². The minimum atomic E-state index is 0.954. The van der Waals surface area contributed by atoms with Gasteiger partial charge in [-0.3, -0.25) is 9.38 Å². The van der Waals surface area contributed by atoms with Crippen LogP contribution in [0.4, 0.5) is 5.69 Å². The Bertz CT molecular complexity index is 1140. The highest BCUT2D eigenvalue weighted by Gasteiger charge is 2.14. The first-order valence-electron chi connectivity index (χ1n) is 10.1. The van der Waals surface area contributed by atoms with Gasteiger partial charge in [0, 0.05) is 55.5 Å². The predicted molar refractivity (Wildman–Crippen MR) is 118 cm³/mol. The minimum absolute atomic E-state index is 0.954. The molecular formula is C24H25N5. The van der Waals surface area contributed by atoms with Crippen LogP contribution in [0, 0.1) is 6.92 Å². The van der Waals surface area contributed by atoms with Crippen LogP contribution in [0.3, 0.4) is 0 Å². The van der Waals surface area contributed by atoms with Crippen molar-refractivity contribution in [3.8, 4) is 22.4 Å². The van der Waals surface area contributed by atoms with Crippen molar-refractivity contribution in [1.82, 2.24) is 19.3 Å². The van der Waals surface area contributed by atoms with E-state index < -0.39 is 0 Å². The quantitative estimate of drug-likeness (QED) is 0.533. The van der Waals surface area contributed by atoms with E-state index in [1.807, 2.05) is 25.4 Å². The third-order valence-electron chi connectivity index (χ3n) is 5.77. The Kier molecular flexibility index (Phi) is 4.52. The summed E-state index contributed by atoms with van der Waals surface area (Å²) in [5, 5.41) is 0. The van der Waals surface area contributed by atoms with Gasteiger partial charge in [0.05, 0.1) is 11.9 Å². The van der Waals surface area contributed by atoms with Crippen molar-refractivity contribution in [2.75, 3.05) is 38.1 Å². The third kappa shape index (κ3) is 3.49. The summed E-state index contributed by atoms with van der Waals surface area (Å²) < 4.78 is 2.14. The Hall–Kier alpha value is -3.18. The molecule has 0 amide bonds. The Morgan fingerprint density at radius 2 is 1.59 bits per heavy atom. The highest BCUT2D eigenvalue weighted by Crippen LogP contribution is 2.27. The normalized spacial score (nSPS) is 15.2. The zero-order valence-corrected chi connectivity index (χ0v) is 16.9. The number of aryl methyl sites for hydroxylation is 1. The van der Waals surface area contributed by atoms with E-state index in [4.69, 9.17) is 0 Å². The van der Waals surface area contributed by atoms with Gasteiger partial charge in [0.2, 0.25) is 0 Å². The molecule has 0 unspecified atom stereocenters. The minimum Gasteiger partial charge on any atom is -0.369 e. The summed E-state index contributed by atoms with van der Waals surface area (Å²) in [6, 6.07) is 17.4. The molecule has 0 radical (unpaired) electrons. The number of pyridine rings is 2. The number of benzene rings is 1. The molecule has 0 atom stereocenters. The van der Waals surface area contributed by atoms with Gasteiger partial charge in [0.25, 0.3) is 0 Å². The molecule has 146 valence electrons. The zero-order chi connectivity index (χ0) is 19.8. The van der Waals surface area contributed by atoms with E-state index in [1.165, 1.54) is 16.8 Å². The smallest absolute Gasteiger partial charge is 0.137 e. The average molecular weight is 383 g/mol. The Morgan fingerprint density at radius 1 is 0.793 bits per heavy atom. The Labute approximate surface area is 171 Å². The number of likely N-dealkylation sites (N-methyl/N-ethyl adjacent to an activating group) is 1. The van der Waals surface area contributed by atoms with Crippen molar-refractivity contribution in [2.45, 2.75) is 6.92 Å². The van der Waals surface area contributed by atoms with Crippen molar-refractivity contribution in [2.24, 2.45) is 0 Å². The molecule has 3 aromatic heterocycles. The summed E-state index contributed by atoms with van der Waals surface area (Å²) >= 11 is 0. The topological polar surface area (TPSA) is 36.7 Å². The van der Waals surface area contributed by atoms with Crippen LogP contribution in [0.5, 0.6) is 0 Å².